The molecule has 1 aliphatic heterocycles. The molecule has 3 rings (SSSR count). The summed E-state index contributed by atoms with van der Waals surface area (Å²) in [7, 11) is 0. The van der Waals surface area contributed by atoms with Crippen molar-refractivity contribution in [3.8, 4) is 5.88 Å². The second kappa shape index (κ2) is 7.63. The van der Waals surface area contributed by atoms with Gasteiger partial charge in [-0.15, -0.1) is 0 Å². The smallest absolute Gasteiger partial charge is 0.234 e. The molecular weight excluding hydrogens is 316 g/mol. The molecule has 0 atom stereocenters. The van der Waals surface area contributed by atoms with Crippen LogP contribution in [0.1, 0.15) is 38.2 Å². The number of rotatable bonds is 5. The van der Waals surface area contributed by atoms with Gasteiger partial charge in [-0.3, -0.25) is 4.98 Å². The Kier molecular flexibility index (Phi) is 5.31. The summed E-state index contributed by atoms with van der Waals surface area (Å²) in [6.45, 7) is 9.83. The zero-order valence-electron chi connectivity index (χ0n) is 15.4. The van der Waals surface area contributed by atoms with E-state index in [9.17, 15) is 0 Å². The van der Waals surface area contributed by atoms with Gasteiger partial charge in [0.05, 0.1) is 18.5 Å². The first kappa shape index (κ1) is 17.4. The molecule has 0 radical (unpaired) electrons. The number of aryl methyl sites for hydroxylation is 2. The van der Waals surface area contributed by atoms with E-state index in [0.717, 1.165) is 49.1 Å². The van der Waals surface area contributed by atoms with E-state index in [4.69, 9.17) is 4.74 Å². The molecule has 25 heavy (non-hydrogen) atoms. The summed E-state index contributed by atoms with van der Waals surface area (Å²) in [5.41, 5.74) is 1.01. The first-order chi connectivity index (χ1) is 12.0. The van der Waals surface area contributed by atoms with Crippen molar-refractivity contribution >= 4 is 11.6 Å². The third-order valence-corrected chi connectivity index (χ3v) is 4.09. The Hall–Kier alpha value is -2.44. The molecule has 1 fully saturated rings. The zero-order valence-corrected chi connectivity index (χ0v) is 15.4. The van der Waals surface area contributed by atoms with Crippen LogP contribution in [0, 0.1) is 13.8 Å². The predicted octanol–water partition coefficient (Wildman–Crippen LogP) is 2.75. The quantitative estimate of drug-likeness (QED) is 0.895. The summed E-state index contributed by atoms with van der Waals surface area (Å²) in [5, 5.41) is 3.48. The maximum absolute atomic E-state index is 5.61. The summed E-state index contributed by atoms with van der Waals surface area (Å²) >= 11 is 0. The molecule has 0 bridgehead atoms. The monoisotopic (exact) mass is 342 g/mol. The molecule has 0 saturated carbocycles. The number of anilines is 2. The van der Waals surface area contributed by atoms with Crippen LogP contribution < -0.4 is 15.0 Å². The fourth-order valence-corrected chi connectivity index (χ4v) is 3.04. The van der Waals surface area contributed by atoms with Crippen LogP contribution in [0.3, 0.4) is 0 Å². The van der Waals surface area contributed by atoms with E-state index in [0.29, 0.717) is 11.9 Å². The summed E-state index contributed by atoms with van der Waals surface area (Å²) in [6, 6.07) is 2.43. The number of hydrogen-bond donors (Lipinski definition) is 1. The van der Waals surface area contributed by atoms with Crippen LogP contribution in [-0.4, -0.2) is 45.2 Å². The topological polar surface area (TPSA) is 76.1 Å². The van der Waals surface area contributed by atoms with E-state index >= 15 is 0 Å². The fraction of sp³-hybridized carbons (Fsp3) is 0.556. The Morgan fingerprint density at radius 1 is 1.12 bits per heavy atom. The van der Waals surface area contributed by atoms with E-state index in [1.807, 2.05) is 27.7 Å². The number of aromatic nitrogens is 4. The Morgan fingerprint density at radius 3 is 2.56 bits per heavy atom. The van der Waals surface area contributed by atoms with Crippen LogP contribution in [0.25, 0.3) is 0 Å². The van der Waals surface area contributed by atoms with Crippen LogP contribution >= 0.6 is 0 Å². The molecule has 0 unspecified atom stereocenters. The van der Waals surface area contributed by atoms with Crippen molar-refractivity contribution in [1.29, 1.82) is 0 Å². The highest BCUT2D eigenvalue weighted by molar-refractivity contribution is 5.41. The Labute approximate surface area is 148 Å². The van der Waals surface area contributed by atoms with Gasteiger partial charge in [0.1, 0.15) is 17.5 Å². The van der Waals surface area contributed by atoms with Gasteiger partial charge in [-0.2, -0.15) is 4.98 Å². The number of ether oxygens (including phenoxy) is 1. The molecule has 1 saturated heterocycles. The molecule has 7 nitrogen and oxygen atoms in total. The maximum atomic E-state index is 5.61. The summed E-state index contributed by atoms with van der Waals surface area (Å²) in [6.07, 6.45) is 5.54. The van der Waals surface area contributed by atoms with E-state index in [-0.39, 0.29) is 6.10 Å². The molecule has 134 valence electrons. The van der Waals surface area contributed by atoms with E-state index < -0.39 is 0 Å². The molecule has 2 aromatic heterocycles. The van der Waals surface area contributed by atoms with Crippen molar-refractivity contribution in [2.45, 2.75) is 52.7 Å². The molecule has 2 aromatic rings. The number of piperidine rings is 1. The third kappa shape index (κ3) is 4.78. The predicted molar refractivity (Wildman–Crippen MR) is 98.2 cm³/mol. The molecule has 3 heterocycles. The Morgan fingerprint density at radius 2 is 1.88 bits per heavy atom. The standard InChI is InChI=1S/C18H26N6O/c1-12(2)25-18-11-19-10-16(23-18)22-15-5-7-24(8-6-15)17-9-13(3)20-14(4)21-17/h9-12,15H,5-8H2,1-4H3,(H,22,23). The van der Waals surface area contributed by atoms with E-state index in [1.165, 1.54) is 0 Å². The molecule has 0 aliphatic carbocycles. The fourth-order valence-electron chi connectivity index (χ4n) is 3.04. The summed E-state index contributed by atoms with van der Waals surface area (Å²) in [5.74, 6) is 3.18. The SMILES string of the molecule is Cc1cc(N2CCC(Nc3cncc(OC(C)C)n3)CC2)nc(C)n1. The van der Waals surface area contributed by atoms with Gasteiger partial charge in [0.2, 0.25) is 5.88 Å². The zero-order chi connectivity index (χ0) is 17.8. The van der Waals surface area contributed by atoms with Gasteiger partial charge in [0, 0.05) is 30.9 Å². The number of nitrogens with one attached hydrogen (secondary N) is 1. The van der Waals surface area contributed by atoms with Gasteiger partial charge >= 0.3 is 0 Å². The second-order valence-electron chi connectivity index (χ2n) is 6.73. The minimum atomic E-state index is 0.0903. The molecular formula is C18H26N6O. The Bertz CT molecular complexity index is 692. The second-order valence-corrected chi connectivity index (χ2v) is 6.73. The van der Waals surface area contributed by atoms with Crippen LogP contribution in [-0.2, 0) is 0 Å². The van der Waals surface area contributed by atoms with Crippen LogP contribution in [0.15, 0.2) is 18.5 Å². The molecule has 0 amide bonds. The van der Waals surface area contributed by atoms with Crippen LogP contribution in [0.4, 0.5) is 11.6 Å². The highest BCUT2D eigenvalue weighted by Crippen LogP contribution is 2.21. The van der Waals surface area contributed by atoms with Crippen LogP contribution in [0.2, 0.25) is 0 Å². The van der Waals surface area contributed by atoms with Crippen LogP contribution in [0.5, 0.6) is 5.88 Å². The van der Waals surface area contributed by atoms with Gasteiger partial charge in [-0.1, -0.05) is 0 Å². The lowest BCUT2D eigenvalue weighted by Crippen LogP contribution is -2.39. The minimum Gasteiger partial charge on any atom is -0.474 e. The average molecular weight is 342 g/mol. The first-order valence-corrected chi connectivity index (χ1v) is 8.82. The van der Waals surface area contributed by atoms with E-state index in [1.54, 1.807) is 12.4 Å². The largest absolute Gasteiger partial charge is 0.474 e. The van der Waals surface area contributed by atoms with Crippen molar-refractivity contribution in [2.24, 2.45) is 0 Å². The van der Waals surface area contributed by atoms with Gasteiger partial charge < -0.3 is 15.0 Å². The van der Waals surface area contributed by atoms with Crippen molar-refractivity contribution in [3.05, 3.63) is 30.0 Å². The van der Waals surface area contributed by atoms with Crippen molar-refractivity contribution in [3.63, 3.8) is 0 Å². The number of nitrogens with zero attached hydrogens (tertiary/aromatic N) is 5. The van der Waals surface area contributed by atoms with Crippen molar-refractivity contribution in [1.82, 2.24) is 19.9 Å². The van der Waals surface area contributed by atoms with Crippen molar-refractivity contribution < 1.29 is 4.74 Å². The van der Waals surface area contributed by atoms with E-state index in [2.05, 4.69) is 36.2 Å². The van der Waals surface area contributed by atoms with Crippen molar-refractivity contribution in [2.75, 3.05) is 23.3 Å². The lowest BCUT2D eigenvalue weighted by Gasteiger charge is -2.33. The Balaban J connectivity index is 1.57. The summed E-state index contributed by atoms with van der Waals surface area (Å²) in [4.78, 5) is 19.9. The number of hydrogen-bond acceptors (Lipinski definition) is 7. The lowest BCUT2D eigenvalue weighted by atomic mass is 10.1. The normalized spacial score (nSPS) is 15.5. The molecule has 0 aromatic carbocycles. The minimum absolute atomic E-state index is 0.0903. The molecule has 7 heteroatoms. The molecule has 0 spiro atoms. The average Bonchev–Trinajstić information content (AvgIpc) is 2.54. The first-order valence-electron chi connectivity index (χ1n) is 8.82. The van der Waals surface area contributed by atoms with Gasteiger partial charge in [0.25, 0.3) is 0 Å². The molecule has 1 aliphatic rings. The maximum Gasteiger partial charge on any atom is 0.234 e. The molecule has 1 N–H and O–H groups in total. The highest BCUT2D eigenvalue weighted by Gasteiger charge is 2.21. The lowest BCUT2D eigenvalue weighted by molar-refractivity contribution is 0.232. The summed E-state index contributed by atoms with van der Waals surface area (Å²) < 4.78 is 5.61. The highest BCUT2D eigenvalue weighted by atomic mass is 16.5. The van der Waals surface area contributed by atoms with Gasteiger partial charge in [-0.25, -0.2) is 9.97 Å². The third-order valence-electron chi connectivity index (χ3n) is 4.09. The van der Waals surface area contributed by atoms with Gasteiger partial charge in [-0.05, 0) is 40.5 Å². The van der Waals surface area contributed by atoms with Gasteiger partial charge in [0.15, 0.2) is 0 Å².